The van der Waals surface area contributed by atoms with Gasteiger partial charge in [0.1, 0.15) is 0 Å². The summed E-state index contributed by atoms with van der Waals surface area (Å²) in [5.41, 5.74) is 2.05. The molecule has 0 heterocycles. The van der Waals surface area contributed by atoms with Crippen molar-refractivity contribution in [3.63, 3.8) is 0 Å². The highest BCUT2D eigenvalue weighted by atomic mass is 16.3. The molecule has 0 saturated heterocycles. The number of benzene rings is 1. The van der Waals surface area contributed by atoms with Gasteiger partial charge in [-0.05, 0) is 23.1 Å². The molecule has 0 saturated carbocycles. The number of amides is 1. The van der Waals surface area contributed by atoms with Crippen molar-refractivity contribution in [1.82, 2.24) is 4.90 Å². The molecule has 0 bridgehead atoms. The van der Waals surface area contributed by atoms with Crippen molar-refractivity contribution in [2.75, 3.05) is 38.2 Å². The van der Waals surface area contributed by atoms with Crippen LogP contribution in [0.2, 0.25) is 0 Å². The Kier molecular flexibility index (Phi) is 6.81. The van der Waals surface area contributed by atoms with Crippen LogP contribution in [0.1, 0.15) is 26.3 Å². The van der Waals surface area contributed by atoms with Crippen molar-refractivity contribution in [2.24, 2.45) is 0 Å². The van der Waals surface area contributed by atoms with Gasteiger partial charge in [-0.1, -0.05) is 32.9 Å². The van der Waals surface area contributed by atoms with E-state index in [0.29, 0.717) is 13.1 Å². The zero-order valence-corrected chi connectivity index (χ0v) is 13.1. The maximum Gasteiger partial charge on any atom is 0.238 e. The van der Waals surface area contributed by atoms with Gasteiger partial charge in [-0.15, -0.1) is 0 Å². The molecule has 0 unspecified atom stereocenters. The van der Waals surface area contributed by atoms with E-state index in [1.807, 2.05) is 24.3 Å². The summed E-state index contributed by atoms with van der Waals surface area (Å²) in [6, 6.07) is 7.80. The van der Waals surface area contributed by atoms with Crippen LogP contribution < -0.4 is 5.32 Å². The molecule has 0 aromatic heterocycles. The van der Waals surface area contributed by atoms with Crippen LogP contribution in [0.5, 0.6) is 0 Å². The summed E-state index contributed by atoms with van der Waals surface area (Å²) in [5.74, 6) is -0.152. The van der Waals surface area contributed by atoms with E-state index in [1.165, 1.54) is 5.56 Å². The van der Waals surface area contributed by atoms with Gasteiger partial charge in [0, 0.05) is 18.8 Å². The fourth-order valence-electron chi connectivity index (χ4n) is 2.01. The average molecular weight is 294 g/mol. The summed E-state index contributed by atoms with van der Waals surface area (Å²) in [6.45, 7) is 7.25. The number of rotatable bonds is 7. The monoisotopic (exact) mass is 294 g/mol. The predicted molar refractivity (Wildman–Crippen MR) is 84.4 cm³/mol. The normalized spacial score (nSPS) is 11.7. The van der Waals surface area contributed by atoms with Gasteiger partial charge >= 0.3 is 0 Å². The predicted octanol–water partition coefficient (Wildman–Crippen LogP) is 1.21. The summed E-state index contributed by atoms with van der Waals surface area (Å²) in [7, 11) is 0. The van der Waals surface area contributed by atoms with E-state index >= 15 is 0 Å². The number of nitrogens with one attached hydrogen (secondary N) is 1. The lowest BCUT2D eigenvalue weighted by atomic mass is 9.87. The molecule has 3 N–H and O–H groups in total. The maximum atomic E-state index is 11.9. The lowest BCUT2D eigenvalue weighted by molar-refractivity contribution is -0.117. The largest absolute Gasteiger partial charge is 0.395 e. The quantitative estimate of drug-likeness (QED) is 0.707. The lowest BCUT2D eigenvalue weighted by Crippen LogP contribution is -2.37. The Morgan fingerprint density at radius 2 is 1.62 bits per heavy atom. The van der Waals surface area contributed by atoms with Gasteiger partial charge in [-0.3, -0.25) is 9.69 Å². The Bertz CT molecular complexity index is 432. The Hall–Kier alpha value is -1.43. The molecule has 21 heavy (non-hydrogen) atoms. The topological polar surface area (TPSA) is 72.8 Å². The maximum absolute atomic E-state index is 11.9. The molecule has 0 aliphatic rings. The molecule has 0 atom stereocenters. The highest BCUT2D eigenvalue weighted by Gasteiger charge is 2.14. The molecule has 0 aliphatic heterocycles. The molecule has 1 rings (SSSR count). The zero-order valence-electron chi connectivity index (χ0n) is 13.1. The molecule has 1 amide bonds. The van der Waals surface area contributed by atoms with Gasteiger partial charge in [0.25, 0.3) is 0 Å². The first-order valence-corrected chi connectivity index (χ1v) is 7.21. The van der Waals surface area contributed by atoms with E-state index in [1.54, 1.807) is 4.90 Å². The second-order valence-electron chi connectivity index (χ2n) is 6.10. The fraction of sp³-hybridized carbons (Fsp3) is 0.562. The van der Waals surface area contributed by atoms with E-state index in [2.05, 4.69) is 26.1 Å². The van der Waals surface area contributed by atoms with Crippen LogP contribution in [0.3, 0.4) is 0 Å². The van der Waals surface area contributed by atoms with Crippen molar-refractivity contribution in [2.45, 2.75) is 26.2 Å². The second-order valence-corrected chi connectivity index (χ2v) is 6.10. The molecule has 0 aliphatic carbocycles. The Balaban J connectivity index is 2.58. The van der Waals surface area contributed by atoms with Crippen molar-refractivity contribution < 1.29 is 15.0 Å². The van der Waals surface area contributed by atoms with Crippen molar-refractivity contribution in [3.8, 4) is 0 Å². The number of aliphatic hydroxyl groups excluding tert-OH is 2. The Labute approximate surface area is 126 Å². The highest BCUT2D eigenvalue weighted by molar-refractivity contribution is 5.92. The summed E-state index contributed by atoms with van der Waals surface area (Å²) < 4.78 is 0. The molecule has 0 spiro atoms. The molecule has 0 fully saturated rings. The summed E-state index contributed by atoms with van der Waals surface area (Å²) >= 11 is 0. The average Bonchev–Trinajstić information content (AvgIpc) is 2.38. The summed E-state index contributed by atoms with van der Waals surface area (Å²) in [4.78, 5) is 13.6. The van der Waals surface area contributed by atoms with Crippen LogP contribution in [0.4, 0.5) is 5.69 Å². The number of hydrogen-bond acceptors (Lipinski definition) is 4. The molecule has 118 valence electrons. The highest BCUT2D eigenvalue weighted by Crippen LogP contribution is 2.23. The Morgan fingerprint density at radius 3 is 2.05 bits per heavy atom. The minimum Gasteiger partial charge on any atom is -0.395 e. The molecule has 5 nitrogen and oxygen atoms in total. The van der Waals surface area contributed by atoms with Crippen LogP contribution >= 0.6 is 0 Å². The molecular weight excluding hydrogens is 268 g/mol. The van der Waals surface area contributed by atoms with Gasteiger partial charge in [0.15, 0.2) is 0 Å². The van der Waals surface area contributed by atoms with Gasteiger partial charge < -0.3 is 15.5 Å². The number of anilines is 1. The first kappa shape index (κ1) is 17.6. The van der Waals surface area contributed by atoms with Crippen molar-refractivity contribution in [3.05, 3.63) is 29.8 Å². The first-order chi connectivity index (χ1) is 9.86. The lowest BCUT2D eigenvalue weighted by Gasteiger charge is -2.20. The van der Waals surface area contributed by atoms with Crippen LogP contribution in [0, 0.1) is 0 Å². The molecule has 0 radical (unpaired) electrons. The van der Waals surface area contributed by atoms with E-state index in [9.17, 15) is 4.79 Å². The number of carbonyl (C=O) groups excluding carboxylic acids is 1. The Morgan fingerprint density at radius 1 is 1.10 bits per heavy atom. The number of carbonyl (C=O) groups is 1. The van der Waals surface area contributed by atoms with Crippen LogP contribution in [-0.4, -0.2) is 53.9 Å². The summed E-state index contributed by atoms with van der Waals surface area (Å²) in [5, 5.41) is 20.7. The zero-order chi connectivity index (χ0) is 15.9. The van der Waals surface area contributed by atoms with Crippen LogP contribution in [0.25, 0.3) is 0 Å². The van der Waals surface area contributed by atoms with Crippen LogP contribution in [-0.2, 0) is 10.2 Å². The fourth-order valence-corrected chi connectivity index (χ4v) is 2.01. The van der Waals surface area contributed by atoms with Crippen molar-refractivity contribution in [1.29, 1.82) is 0 Å². The van der Waals surface area contributed by atoms with E-state index in [0.717, 1.165) is 5.69 Å². The molecular formula is C16H26N2O3. The van der Waals surface area contributed by atoms with Crippen molar-refractivity contribution >= 4 is 11.6 Å². The minimum atomic E-state index is -0.152. The van der Waals surface area contributed by atoms with E-state index < -0.39 is 0 Å². The third-order valence-electron chi connectivity index (χ3n) is 3.23. The minimum absolute atomic E-state index is 0.0342. The SMILES string of the molecule is CC(C)(C)c1ccc(NC(=O)CN(CCO)CCO)cc1. The van der Waals surface area contributed by atoms with Crippen LogP contribution in [0.15, 0.2) is 24.3 Å². The van der Waals surface area contributed by atoms with E-state index in [4.69, 9.17) is 10.2 Å². The second kappa shape index (κ2) is 8.12. The summed E-state index contributed by atoms with van der Waals surface area (Å²) in [6.07, 6.45) is 0. The number of nitrogens with zero attached hydrogens (tertiary/aromatic N) is 1. The third-order valence-corrected chi connectivity index (χ3v) is 3.23. The first-order valence-electron chi connectivity index (χ1n) is 7.21. The van der Waals surface area contributed by atoms with Gasteiger partial charge in [0.05, 0.1) is 19.8 Å². The van der Waals surface area contributed by atoms with Gasteiger partial charge in [-0.25, -0.2) is 0 Å². The molecule has 1 aromatic rings. The smallest absolute Gasteiger partial charge is 0.238 e. The van der Waals surface area contributed by atoms with Gasteiger partial charge in [0.2, 0.25) is 5.91 Å². The number of hydrogen-bond donors (Lipinski definition) is 3. The third kappa shape index (κ3) is 6.25. The molecule has 1 aromatic carbocycles. The number of aliphatic hydroxyl groups is 2. The molecule has 5 heteroatoms. The van der Waals surface area contributed by atoms with E-state index in [-0.39, 0.29) is 31.1 Å². The van der Waals surface area contributed by atoms with Gasteiger partial charge in [-0.2, -0.15) is 0 Å². The standard InChI is InChI=1S/C16H26N2O3/c1-16(2,3)13-4-6-14(7-5-13)17-15(21)12-18(8-10-19)9-11-20/h4-7,19-20H,8-12H2,1-3H3,(H,17,21).